The SMILES string of the molecule is O=C(NCc1cccc(OC(F)F)c1)c1ccccc1OC1CCC1. The van der Waals surface area contributed by atoms with Crippen LogP contribution >= 0.6 is 0 Å². The zero-order chi connectivity index (χ0) is 17.6. The molecule has 25 heavy (non-hydrogen) atoms. The van der Waals surface area contributed by atoms with Crippen LogP contribution in [0, 0.1) is 0 Å². The van der Waals surface area contributed by atoms with Crippen molar-refractivity contribution in [2.45, 2.75) is 38.5 Å². The molecule has 0 saturated heterocycles. The number of hydrogen-bond acceptors (Lipinski definition) is 3. The Kier molecular flexibility index (Phi) is 5.48. The second-order valence-electron chi connectivity index (χ2n) is 5.88. The molecule has 1 aliphatic carbocycles. The molecule has 1 N–H and O–H groups in total. The summed E-state index contributed by atoms with van der Waals surface area (Å²) in [5, 5.41) is 2.78. The zero-order valence-corrected chi connectivity index (χ0v) is 13.6. The first-order valence-electron chi connectivity index (χ1n) is 8.19. The Balaban J connectivity index is 1.63. The number of benzene rings is 2. The first-order chi connectivity index (χ1) is 12.1. The number of ether oxygens (including phenoxy) is 2. The lowest BCUT2D eigenvalue weighted by Gasteiger charge is -2.27. The van der Waals surface area contributed by atoms with Gasteiger partial charge in [-0.15, -0.1) is 0 Å². The van der Waals surface area contributed by atoms with E-state index in [9.17, 15) is 13.6 Å². The number of hydrogen-bond donors (Lipinski definition) is 1. The minimum absolute atomic E-state index is 0.0652. The summed E-state index contributed by atoms with van der Waals surface area (Å²) in [7, 11) is 0. The molecule has 1 aliphatic rings. The van der Waals surface area contributed by atoms with Gasteiger partial charge in [0.05, 0.1) is 11.7 Å². The van der Waals surface area contributed by atoms with Gasteiger partial charge in [-0.1, -0.05) is 24.3 Å². The van der Waals surface area contributed by atoms with Crippen LogP contribution in [-0.4, -0.2) is 18.6 Å². The van der Waals surface area contributed by atoms with Crippen molar-refractivity contribution in [3.8, 4) is 11.5 Å². The van der Waals surface area contributed by atoms with Gasteiger partial charge in [0.25, 0.3) is 5.91 Å². The molecule has 132 valence electrons. The quantitative estimate of drug-likeness (QED) is 0.818. The molecule has 0 radical (unpaired) electrons. The van der Waals surface area contributed by atoms with Crippen molar-refractivity contribution in [3.63, 3.8) is 0 Å². The first-order valence-corrected chi connectivity index (χ1v) is 8.19. The maximum Gasteiger partial charge on any atom is 0.387 e. The van der Waals surface area contributed by atoms with E-state index in [1.54, 1.807) is 30.3 Å². The number of para-hydroxylation sites is 1. The van der Waals surface area contributed by atoms with Crippen molar-refractivity contribution in [1.82, 2.24) is 5.32 Å². The number of halogens is 2. The average molecular weight is 347 g/mol. The Bertz CT molecular complexity index is 732. The van der Waals surface area contributed by atoms with Gasteiger partial charge in [-0.2, -0.15) is 8.78 Å². The summed E-state index contributed by atoms with van der Waals surface area (Å²) in [5.74, 6) is 0.366. The van der Waals surface area contributed by atoms with Gasteiger partial charge in [0.15, 0.2) is 0 Å². The molecule has 6 heteroatoms. The van der Waals surface area contributed by atoms with Gasteiger partial charge in [0.1, 0.15) is 11.5 Å². The van der Waals surface area contributed by atoms with Gasteiger partial charge in [-0.05, 0) is 49.1 Å². The maximum absolute atomic E-state index is 12.4. The van der Waals surface area contributed by atoms with Gasteiger partial charge in [-0.3, -0.25) is 4.79 Å². The number of carbonyl (C=O) groups excluding carboxylic acids is 1. The third-order valence-corrected chi connectivity index (χ3v) is 4.05. The smallest absolute Gasteiger partial charge is 0.387 e. The lowest BCUT2D eigenvalue weighted by molar-refractivity contribution is -0.0498. The predicted octanol–water partition coefficient (Wildman–Crippen LogP) is 4.15. The second kappa shape index (κ2) is 7.96. The van der Waals surface area contributed by atoms with Gasteiger partial charge in [0.2, 0.25) is 0 Å². The summed E-state index contributed by atoms with van der Waals surface area (Å²) < 4.78 is 34.7. The molecule has 2 aromatic carbocycles. The van der Waals surface area contributed by atoms with Crippen molar-refractivity contribution in [2.24, 2.45) is 0 Å². The normalized spacial score (nSPS) is 14.0. The van der Waals surface area contributed by atoms with Crippen molar-refractivity contribution < 1.29 is 23.0 Å². The second-order valence-corrected chi connectivity index (χ2v) is 5.88. The molecule has 1 saturated carbocycles. The first kappa shape index (κ1) is 17.2. The fourth-order valence-electron chi connectivity index (χ4n) is 2.53. The van der Waals surface area contributed by atoms with Crippen LogP contribution in [0.15, 0.2) is 48.5 Å². The molecule has 1 fully saturated rings. The molecule has 3 rings (SSSR count). The van der Waals surface area contributed by atoms with Crippen LogP contribution in [0.3, 0.4) is 0 Å². The van der Waals surface area contributed by atoms with Gasteiger partial charge < -0.3 is 14.8 Å². The number of amides is 1. The van der Waals surface area contributed by atoms with Crippen molar-refractivity contribution >= 4 is 5.91 Å². The van der Waals surface area contributed by atoms with Crippen molar-refractivity contribution in [1.29, 1.82) is 0 Å². The Morgan fingerprint density at radius 1 is 1.16 bits per heavy atom. The van der Waals surface area contributed by atoms with Crippen LogP contribution in [0.5, 0.6) is 11.5 Å². The fraction of sp³-hybridized carbons (Fsp3) is 0.316. The molecule has 0 aliphatic heterocycles. The van der Waals surface area contributed by atoms with Crippen LogP contribution in [-0.2, 0) is 6.54 Å². The number of carbonyl (C=O) groups is 1. The molecule has 2 aromatic rings. The standard InChI is InChI=1S/C19H19F2NO3/c20-19(21)25-15-8-3-5-13(11-15)12-22-18(23)16-9-1-2-10-17(16)24-14-6-4-7-14/h1-3,5,8-11,14,19H,4,6-7,12H2,(H,22,23). The highest BCUT2D eigenvalue weighted by atomic mass is 19.3. The number of rotatable bonds is 7. The third-order valence-electron chi connectivity index (χ3n) is 4.05. The summed E-state index contributed by atoms with van der Waals surface area (Å²) in [6.45, 7) is -2.67. The molecule has 0 spiro atoms. The van der Waals surface area contributed by atoms with Crippen LogP contribution < -0.4 is 14.8 Å². The van der Waals surface area contributed by atoms with Gasteiger partial charge in [-0.25, -0.2) is 0 Å². The molecule has 0 heterocycles. The minimum Gasteiger partial charge on any atom is -0.490 e. The number of alkyl halides is 2. The van der Waals surface area contributed by atoms with E-state index in [4.69, 9.17) is 4.74 Å². The predicted molar refractivity (Wildman–Crippen MR) is 89.0 cm³/mol. The van der Waals surface area contributed by atoms with E-state index in [0.29, 0.717) is 16.9 Å². The van der Waals surface area contributed by atoms with Crippen LogP contribution in [0.4, 0.5) is 8.78 Å². The van der Waals surface area contributed by atoms with E-state index < -0.39 is 6.61 Å². The van der Waals surface area contributed by atoms with E-state index in [1.165, 1.54) is 12.1 Å². The van der Waals surface area contributed by atoms with Crippen molar-refractivity contribution in [3.05, 3.63) is 59.7 Å². The molecular formula is C19H19F2NO3. The Labute approximate surface area is 144 Å². The molecule has 4 nitrogen and oxygen atoms in total. The molecule has 1 amide bonds. The van der Waals surface area contributed by atoms with Crippen molar-refractivity contribution in [2.75, 3.05) is 0 Å². The van der Waals surface area contributed by atoms with Gasteiger partial charge in [0, 0.05) is 6.54 Å². The topological polar surface area (TPSA) is 47.6 Å². The lowest BCUT2D eigenvalue weighted by Crippen LogP contribution is -2.27. The average Bonchev–Trinajstić information content (AvgIpc) is 2.56. The summed E-state index contributed by atoms with van der Waals surface area (Å²) in [6, 6.07) is 13.4. The van der Waals surface area contributed by atoms with E-state index in [2.05, 4.69) is 10.1 Å². The maximum atomic E-state index is 12.4. The molecule has 0 bridgehead atoms. The summed E-state index contributed by atoms with van der Waals surface area (Å²) in [5.41, 5.74) is 1.14. The van der Waals surface area contributed by atoms with Crippen LogP contribution in [0.1, 0.15) is 35.2 Å². The highest BCUT2D eigenvalue weighted by Gasteiger charge is 2.21. The molecule has 0 aromatic heterocycles. The molecule has 0 unspecified atom stereocenters. The highest BCUT2D eigenvalue weighted by Crippen LogP contribution is 2.27. The number of nitrogens with one attached hydrogen (secondary N) is 1. The Morgan fingerprint density at radius 3 is 2.68 bits per heavy atom. The van der Waals surface area contributed by atoms with Crippen LogP contribution in [0.2, 0.25) is 0 Å². The third kappa shape index (κ3) is 4.68. The van der Waals surface area contributed by atoms with Crippen LogP contribution in [0.25, 0.3) is 0 Å². The van der Waals surface area contributed by atoms with E-state index in [-0.39, 0.29) is 24.3 Å². The van der Waals surface area contributed by atoms with Gasteiger partial charge >= 0.3 is 6.61 Å². The Morgan fingerprint density at radius 2 is 1.96 bits per heavy atom. The summed E-state index contributed by atoms with van der Waals surface area (Å²) in [6.07, 6.45) is 3.34. The van der Waals surface area contributed by atoms with E-state index >= 15 is 0 Å². The fourth-order valence-corrected chi connectivity index (χ4v) is 2.53. The van der Waals surface area contributed by atoms with E-state index in [0.717, 1.165) is 19.3 Å². The van der Waals surface area contributed by atoms with E-state index in [1.807, 2.05) is 6.07 Å². The zero-order valence-electron chi connectivity index (χ0n) is 13.6. The monoisotopic (exact) mass is 347 g/mol. The Hall–Kier alpha value is -2.63. The largest absolute Gasteiger partial charge is 0.490 e. The summed E-state index contributed by atoms with van der Waals surface area (Å²) in [4.78, 5) is 12.4. The molecule has 0 atom stereocenters. The highest BCUT2D eigenvalue weighted by molar-refractivity contribution is 5.96. The summed E-state index contributed by atoms with van der Waals surface area (Å²) >= 11 is 0. The molecular weight excluding hydrogens is 328 g/mol. The lowest BCUT2D eigenvalue weighted by atomic mass is 9.96. The minimum atomic E-state index is -2.87.